The van der Waals surface area contributed by atoms with Crippen LogP contribution in [0, 0.1) is 40.9 Å². The van der Waals surface area contributed by atoms with Crippen LogP contribution in [-0.2, 0) is 20.8 Å². The Kier molecular flexibility index (Phi) is 5.99. The van der Waals surface area contributed by atoms with E-state index in [0.717, 1.165) is 16.5 Å². The lowest BCUT2D eigenvalue weighted by molar-refractivity contribution is -0.153. The zero-order valence-electron chi connectivity index (χ0n) is 22.6. The molecule has 3 aliphatic carbocycles. The van der Waals surface area contributed by atoms with Gasteiger partial charge in [-0.15, -0.1) is 0 Å². The summed E-state index contributed by atoms with van der Waals surface area (Å²) in [6.45, 7) is 9.93. The van der Waals surface area contributed by atoms with Crippen molar-refractivity contribution < 1.29 is 24.6 Å². The number of aliphatic hydroxyl groups is 2. The molecule has 4 N–H and O–H groups in total. The van der Waals surface area contributed by atoms with Crippen LogP contribution < -0.4 is 5.32 Å². The number of allylic oxidation sites excluding steroid dienone is 3. The zero-order chi connectivity index (χ0) is 27.8. The number of aromatic amines is 1. The number of H-pyrrole nitrogens is 1. The topological polar surface area (TPSA) is 119 Å². The molecule has 0 bridgehead atoms. The minimum absolute atomic E-state index is 0.00683. The summed E-state index contributed by atoms with van der Waals surface area (Å²) in [7, 11) is 0. The first-order valence-corrected chi connectivity index (χ1v) is 14.0. The van der Waals surface area contributed by atoms with Crippen LogP contribution in [0.1, 0.15) is 39.2 Å². The lowest BCUT2D eigenvalue weighted by Gasteiger charge is -2.49. The second kappa shape index (κ2) is 9.05. The molecule has 7 heteroatoms. The Morgan fingerprint density at radius 1 is 1.15 bits per heavy atom. The van der Waals surface area contributed by atoms with Gasteiger partial charge < -0.3 is 20.5 Å². The predicted molar refractivity (Wildman–Crippen MR) is 148 cm³/mol. The van der Waals surface area contributed by atoms with E-state index in [-0.39, 0.29) is 47.7 Å². The number of ketones is 2. The Balaban J connectivity index is 1.47. The summed E-state index contributed by atoms with van der Waals surface area (Å²) in [5.74, 6) is -3.93. The molecule has 1 aromatic carbocycles. The number of aromatic nitrogens is 1. The van der Waals surface area contributed by atoms with Gasteiger partial charge in [0.2, 0.25) is 11.7 Å². The molecule has 1 saturated carbocycles. The van der Waals surface area contributed by atoms with E-state index in [9.17, 15) is 24.6 Å². The summed E-state index contributed by atoms with van der Waals surface area (Å²) in [6.07, 6.45) is 5.63. The number of amides is 1. The van der Waals surface area contributed by atoms with Gasteiger partial charge in [0, 0.05) is 47.3 Å². The molecule has 0 unspecified atom stereocenters. The maximum Gasteiger partial charge on any atom is 0.235 e. The Labute approximate surface area is 228 Å². The van der Waals surface area contributed by atoms with Crippen LogP contribution in [0.4, 0.5) is 0 Å². The molecule has 39 heavy (non-hydrogen) atoms. The number of hydrogen-bond donors (Lipinski definition) is 4. The molecule has 204 valence electrons. The van der Waals surface area contributed by atoms with Gasteiger partial charge in [0.25, 0.3) is 0 Å². The quantitative estimate of drug-likeness (QED) is 0.344. The van der Waals surface area contributed by atoms with Crippen LogP contribution in [0.2, 0.25) is 0 Å². The average molecular weight is 529 g/mol. The Morgan fingerprint density at radius 2 is 1.90 bits per heavy atom. The number of fused-ring (bicyclic) bond motifs is 2. The molecule has 1 saturated heterocycles. The molecule has 2 fully saturated rings. The van der Waals surface area contributed by atoms with Crippen molar-refractivity contribution in [2.24, 2.45) is 40.9 Å². The van der Waals surface area contributed by atoms with Crippen molar-refractivity contribution in [2.45, 2.75) is 52.2 Å². The van der Waals surface area contributed by atoms with E-state index in [1.54, 1.807) is 6.92 Å². The summed E-state index contributed by atoms with van der Waals surface area (Å²) in [5, 5.41) is 26.3. The van der Waals surface area contributed by atoms with E-state index in [1.165, 1.54) is 0 Å². The smallest absolute Gasteiger partial charge is 0.235 e. The number of para-hydroxylation sites is 1. The van der Waals surface area contributed by atoms with Crippen LogP contribution >= 0.6 is 0 Å². The summed E-state index contributed by atoms with van der Waals surface area (Å²) in [4.78, 5) is 45.2. The van der Waals surface area contributed by atoms with Crippen LogP contribution in [0.5, 0.6) is 0 Å². The van der Waals surface area contributed by atoms with Gasteiger partial charge in [-0.25, -0.2) is 0 Å². The normalized spacial score (nSPS) is 39.4. The largest absolute Gasteiger partial charge is 0.504 e. The first-order valence-electron chi connectivity index (χ1n) is 14.0. The molecule has 2 heterocycles. The van der Waals surface area contributed by atoms with Crippen molar-refractivity contribution in [1.29, 1.82) is 0 Å². The lowest BCUT2D eigenvalue weighted by Crippen LogP contribution is -2.59. The number of rotatable bonds is 2. The number of nitrogens with one attached hydrogen (secondary N) is 2. The molecule has 1 aliphatic heterocycles. The van der Waals surface area contributed by atoms with Crippen molar-refractivity contribution in [3.8, 4) is 0 Å². The van der Waals surface area contributed by atoms with Crippen LogP contribution in [-0.4, -0.2) is 44.8 Å². The lowest BCUT2D eigenvalue weighted by atomic mass is 9.51. The number of carbonyl (C=O) groups excluding carboxylic acids is 3. The van der Waals surface area contributed by atoms with Gasteiger partial charge in [-0.1, -0.05) is 50.8 Å². The number of carbonyl (C=O) groups is 3. The van der Waals surface area contributed by atoms with Gasteiger partial charge >= 0.3 is 0 Å². The number of hydrogen-bond acceptors (Lipinski definition) is 5. The van der Waals surface area contributed by atoms with Crippen molar-refractivity contribution in [2.75, 3.05) is 0 Å². The zero-order valence-corrected chi connectivity index (χ0v) is 22.6. The van der Waals surface area contributed by atoms with Crippen LogP contribution in [0.3, 0.4) is 0 Å². The van der Waals surface area contributed by atoms with Crippen molar-refractivity contribution >= 4 is 28.4 Å². The summed E-state index contributed by atoms with van der Waals surface area (Å²) < 4.78 is 0. The molecule has 9 atom stereocenters. The number of aliphatic hydroxyl groups excluding tert-OH is 2. The Morgan fingerprint density at radius 3 is 2.67 bits per heavy atom. The maximum absolute atomic E-state index is 14.6. The third kappa shape index (κ3) is 3.48. The van der Waals surface area contributed by atoms with Gasteiger partial charge in [-0.05, 0) is 60.3 Å². The minimum Gasteiger partial charge on any atom is -0.504 e. The summed E-state index contributed by atoms with van der Waals surface area (Å²) >= 11 is 0. The van der Waals surface area contributed by atoms with E-state index in [4.69, 9.17) is 0 Å². The monoisotopic (exact) mass is 528 g/mol. The van der Waals surface area contributed by atoms with Crippen LogP contribution in [0.15, 0.2) is 66.1 Å². The number of Topliss-reactive ketones (excluding diaryl/α,β-unsaturated/α-hetero) is 2. The van der Waals surface area contributed by atoms with Gasteiger partial charge in [0.1, 0.15) is 11.2 Å². The molecule has 1 spiro atoms. The number of benzene rings is 1. The van der Waals surface area contributed by atoms with Crippen molar-refractivity contribution in [3.63, 3.8) is 0 Å². The van der Waals surface area contributed by atoms with E-state index >= 15 is 0 Å². The molecule has 4 aliphatic rings. The third-order valence-corrected chi connectivity index (χ3v) is 10.3. The van der Waals surface area contributed by atoms with Crippen molar-refractivity contribution in [1.82, 2.24) is 10.3 Å². The average Bonchev–Trinajstić information content (AvgIpc) is 3.52. The molecule has 0 radical (unpaired) electrons. The predicted octanol–water partition coefficient (Wildman–Crippen LogP) is 4.20. The maximum atomic E-state index is 14.6. The highest BCUT2D eigenvalue weighted by Gasteiger charge is 2.69. The highest BCUT2D eigenvalue weighted by Crippen LogP contribution is 2.58. The summed E-state index contributed by atoms with van der Waals surface area (Å²) in [5.41, 5.74) is 1.74. The van der Waals surface area contributed by atoms with E-state index in [0.29, 0.717) is 24.0 Å². The van der Waals surface area contributed by atoms with Crippen LogP contribution in [0.25, 0.3) is 10.9 Å². The second-order valence-electron chi connectivity index (χ2n) is 12.2. The third-order valence-electron chi connectivity index (χ3n) is 10.3. The van der Waals surface area contributed by atoms with Gasteiger partial charge in [0.05, 0.1) is 6.10 Å². The van der Waals surface area contributed by atoms with Gasteiger partial charge in [-0.2, -0.15) is 0 Å². The molecule has 1 aromatic heterocycles. The highest BCUT2D eigenvalue weighted by atomic mass is 16.3. The Bertz CT molecular complexity index is 1470. The minimum atomic E-state index is -1.54. The van der Waals surface area contributed by atoms with Gasteiger partial charge in [0.15, 0.2) is 5.76 Å². The van der Waals surface area contributed by atoms with E-state index in [1.807, 2.05) is 56.5 Å². The molecular weight excluding hydrogens is 492 g/mol. The molecule has 6 rings (SSSR count). The summed E-state index contributed by atoms with van der Waals surface area (Å²) in [6, 6.07) is 7.62. The molecular formula is C32H36N2O5. The van der Waals surface area contributed by atoms with E-state index in [2.05, 4.69) is 16.9 Å². The molecule has 7 nitrogen and oxygen atoms in total. The first kappa shape index (κ1) is 25.8. The second-order valence-corrected chi connectivity index (χ2v) is 12.2. The van der Waals surface area contributed by atoms with Crippen molar-refractivity contribution in [3.05, 3.63) is 71.7 Å². The first-order chi connectivity index (χ1) is 18.6. The molecule has 2 aromatic rings. The highest BCUT2D eigenvalue weighted by molar-refractivity contribution is 6.11. The fraction of sp³-hybridized carbons (Fsp3) is 0.469. The fourth-order valence-electron chi connectivity index (χ4n) is 8.40. The SMILES string of the molecule is C=C1[C@@H](C)[C@H]2[C@H](Cc3c[nH]c4ccccc34)NC(=O)[C@]23C(=O)C[C@@H]2C(=O)C(O)=C(C)[C@H]2[C@@H](C)C/C=C/[C@H]3[C@@H]1O. The standard InChI is InChI=1S/C32H36N2O5/c1-15-8-7-10-22-28(36)17(3)16(2)27-24(12-19-14-33-23-11-6-5-9-20(19)23)34-31(39)32(22,27)25(35)13-21-26(15)18(4)29(37)30(21)38/h5-7,9-11,14-16,21-22,24,26-28,33,36-37H,3,8,12-13H2,1-2,4H3,(H,34,39)/b10-7+/t15-,16+,21-,22-,24-,26+,27-,28+,32+/m0/s1. The Hall–Kier alpha value is -3.45. The molecule has 1 amide bonds. The van der Waals surface area contributed by atoms with E-state index < -0.39 is 35.1 Å². The van der Waals surface area contributed by atoms with Gasteiger partial charge in [-0.3, -0.25) is 14.4 Å². The fourth-order valence-corrected chi connectivity index (χ4v) is 8.40.